The van der Waals surface area contributed by atoms with Crippen molar-refractivity contribution >= 4 is 19.8 Å². The Kier molecular flexibility index (Phi) is 64.6. The second kappa shape index (κ2) is 67.5. The van der Waals surface area contributed by atoms with Gasteiger partial charge >= 0.3 is 19.8 Å². The van der Waals surface area contributed by atoms with Crippen LogP contribution in [-0.4, -0.2) is 49.3 Å². The fourth-order valence-electron chi connectivity index (χ4n) is 9.40. The predicted molar refractivity (Wildman–Crippen MR) is 358 cm³/mol. The smallest absolute Gasteiger partial charge is 0.462 e. The number of hydrogen-bond donors (Lipinski definition) is 2. The van der Waals surface area contributed by atoms with Crippen molar-refractivity contribution in [2.45, 2.75) is 302 Å². The van der Waals surface area contributed by atoms with Gasteiger partial charge in [0.15, 0.2) is 6.10 Å². The van der Waals surface area contributed by atoms with Crippen molar-refractivity contribution in [3.63, 3.8) is 0 Å². The van der Waals surface area contributed by atoms with Crippen molar-refractivity contribution in [1.29, 1.82) is 0 Å². The van der Waals surface area contributed by atoms with Gasteiger partial charge in [0.05, 0.1) is 13.2 Å². The Morgan fingerprint density at radius 2 is 0.627 bits per heavy atom. The maximum atomic E-state index is 12.8. The third-order valence-corrected chi connectivity index (χ3v) is 15.3. The Morgan fingerprint density at radius 1 is 0.361 bits per heavy atom. The van der Waals surface area contributed by atoms with E-state index in [4.69, 9.17) is 24.3 Å². The molecular formula is C73H126NO8P. The highest BCUT2D eigenvalue weighted by Gasteiger charge is 2.26. The monoisotopic (exact) mass is 1180 g/mol. The number of carbonyl (C=O) groups is 2. The molecule has 0 bridgehead atoms. The molecule has 0 rings (SSSR count). The average molecular weight is 1180 g/mol. The molecule has 0 radical (unpaired) electrons. The molecule has 0 aromatic carbocycles. The van der Waals surface area contributed by atoms with Crippen LogP contribution >= 0.6 is 7.82 Å². The van der Waals surface area contributed by atoms with Gasteiger partial charge in [0.25, 0.3) is 0 Å². The van der Waals surface area contributed by atoms with Crippen molar-refractivity contribution in [2.24, 2.45) is 5.73 Å². The molecule has 0 saturated heterocycles. The lowest BCUT2D eigenvalue weighted by Gasteiger charge is -2.19. The molecule has 0 aliphatic heterocycles. The molecule has 2 unspecified atom stereocenters. The maximum Gasteiger partial charge on any atom is 0.472 e. The van der Waals surface area contributed by atoms with E-state index in [9.17, 15) is 19.0 Å². The Balaban J connectivity index is 3.89. The SMILES string of the molecule is CC/C=C\C/C=C\C/C=C\C/C=C\C/C=C\CCCCCCCCCCCCCCCCCCCCCC(=O)OC(COC(=O)CCCCCCCCCCCCC/C=C\C/C=C\C/C=C\C/C=C\C/C=C\CC)COP(=O)(O)OCCN. The van der Waals surface area contributed by atoms with Crippen molar-refractivity contribution in [2.75, 3.05) is 26.4 Å². The number of unbranched alkanes of at least 4 members (excludes halogenated alkanes) is 30. The number of ether oxygens (including phenoxy) is 2. The Labute approximate surface area is 511 Å². The van der Waals surface area contributed by atoms with Crippen molar-refractivity contribution < 1.29 is 37.6 Å². The maximum absolute atomic E-state index is 12.8. The van der Waals surface area contributed by atoms with Crippen LogP contribution in [-0.2, 0) is 32.7 Å². The van der Waals surface area contributed by atoms with Gasteiger partial charge < -0.3 is 20.1 Å². The van der Waals surface area contributed by atoms with Gasteiger partial charge in [0.1, 0.15) is 6.61 Å². The highest BCUT2D eigenvalue weighted by Crippen LogP contribution is 2.43. The van der Waals surface area contributed by atoms with E-state index < -0.39 is 26.5 Å². The topological polar surface area (TPSA) is 134 Å². The highest BCUT2D eigenvalue weighted by atomic mass is 31.2. The molecule has 83 heavy (non-hydrogen) atoms. The molecule has 0 aliphatic rings. The third-order valence-electron chi connectivity index (χ3n) is 14.3. The highest BCUT2D eigenvalue weighted by molar-refractivity contribution is 7.47. The normalized spacial score (nSPS) is 13.7. The lowest BCUT2D eigenvalue weighted by atomic mass is 10.0. The standard InChI is InChI=1S/C73H126NO8P/c1-3-5-7-9-11-13-15-17-19-21-23-25-27-29-31-32-33-34-35-36-37-38-40-42-44-46-48-50-52-54-56-58-60-62-64-66-73(76)82-71(70-81-83(77,78)80-68-67-74)69-79-72(75)65-63-61-59-57-55-53-51-49-47-45-43-41-39-30-28-26-24-22-20-18-16-14-12-10-8-6-4-2/h5-8,11-14,17-20,23-26,29-31,39,71H,3-4,9-10,15-16,21-22,27-28,32-38,40-70,74H2,1-2H3,(H,77,78)/b7-5-,8-6-,13-11-,14-12-,19-17-,20-18-,25-23-,26-24-,31-29-,39-30-. The van der Waals surface area contributed by atoms with E-state index in [0.717, 1.165) is 103 Å². The molecule has 2 atom stereocenters. The minimum Gasteiger partial charge on any atom is -0.462 e. The van der Waals surface area contributed by atoms with Gasteiger partial charge in [-0.05, 0) is 103 Å². The fraction of sp³-hybridized carbons (Fsp3) is 0.699. The zero-order valence-electron chi connectivity index (χ0n) is 53.4. The van der Waals surface area contributed by atoms with E-state index >= 15 is 0 Å². The summed E-state index contributed by atoms with van der Waals surface area (Å²) in [7, 11) is -4.40. The fourth-order valence-corrected chi connectivity index (χ4v) is 10.2. The number of phosphoric ester groups is 1. The Hall–Kier alpha value is -3.59. The summed E-state index contributed by atoms with van der Waals surface area (Å²) in [6.45, 7) is 3.54. The summed E-state index contributed by atoms with van der Waals surface area (Å²) < 4.78 is 33.2. The van der Waals surface area contributed by atoms with Crippen LogP contribution in [0.25, 0.3) is 0 Å². The molecule has 476 valence electrons. The molecule has 3 N–H and O–H groups in total. The Bertz CT molecular complexity index is 1770. The molecule has 0 aliphatic carbocycles. The van der Waals surface area contributed by atoms with Crippen LogP contribution in [0.3, 0.4) is 0 Å². The molecule has 0 spiro atoms. The number of esters is 2. The van der Waals surface area contributed by atoms with E-state index in [1.807, 2.05) is 0 Å². The van der Waals surface area contributed by atoms with Gasteiger partial charge in [-0.2, -0.15) is 0 Å². The van der Waals surface area contributed by atoms with Crippen LogP contribution < -0.4 is 5.73 Å². The van der Waals surface area contributed by atoms with Crippen LogP contribution in [0.2, 0.25) is 0 Å². The van der Waals surface area contributed by atoms with E-state index in [1.165, 1.54) is 161 Å². The number of nitrogens with two attached hydrogens (primary N) is 1. The summed E-state index contributed by atoms with van der Waals surface area (Å²) in [6, 6.07) is 0. The summed E-state index contributed by atoms with van der Waals surface area (Å²) in [6.07, 6.45) is 94.2. The number of rotatable bonds is 63. The molecule has 0 aromatic heterocycles. The quantitative estimate of drug-likeness (QED) is 0.0264. The first-order chi connectivity index (χ1) is 40.8. The largest absolute Gasteiger partial charge is 0.472 e. The third kappa shape index (κ3) is 67.4. The lowest BCUT2D eigenvalue weighted by Crippen LogP contribution is -2.29. The predicted octanol–water partition coefficient (Wildman–Crippen LogP) is 22.3. The van der Waals surface area contributed by atoms with Crippen LogP contribution in [0.4, 0.5) is 0 Å². The molecule has 0 aromatic rings. The van der Waals surface area contributed by atoms with E-state index in [0.29, 0.717) is 6.42 Å². The van der Waals surface area contributed by atoms with Crippen molar-refractivity contribution in [3.8, 4) is 0 Å². The van der Waals surface area contributed by atoms with Gasteiger partial charge in [-0.25, -0.2) is 4.57 Å². The summed E-state index contributed by atoms with van der Waals surface area (Å²) >= 11 is 0. The molecule has 0 heterocycles. The van der Waals surface area contributed by atoms with Crippen LogP contribution in [0.1, 0.15) is 296 Å². The van der Waals surface area contributed by atoms with Gasteiger partial charge in [-0.1, -0.05) is 302 Å². The van der Waals surface area contributed by atoms with Gasteiger partial charge in [-0.3, -0.25) is 18.6 Å². The molecule has 9 nitrogen and oxygen atoms in total. The van der Waals surface area contributed by atoms with E-state index in [-0.39, 0.29) is 38.6 Å². The molecule has 10 heteroatoms. The number of carbonyl (C=O) groups excluding carboxylic acids is 2. The second-order valence-corrected chi connectivity index (χ2v) is 23.7. The first kappa shape index (κ1) is 79.4. The zero-order valence-corrected chi connectivity index (χ0v) is 54.3. The summed E-state index contributed by atoms with van der Waals surface area (Å²) in [5.41, 5.74) is 5.40. The first-order valence-corrected chi connectivity index (χ1v) is 35.5. The molecular weight excluding hydrogens is 1050 g/mol. The van der Waals surface area contributed by atoms with E-state index in [1.54, 1.807) is 0 Å². The summed E-state index contributed by atoms with van der Waals surface area (Å²) in [5.74, 6) is -0.826. The van der Waals surface area contributed by atoms with Gasteiger partial charge in [-0.15, -0.1) is 0 Å². The van der Waals surface area contributed by atoms with Crippen molar-refractivity contribution in [1.82, 2.24) is 0 Å². The van der Waals surface area contributed by atoms with Crippen molar-refractivity contribution in [3.05, 3.63) is 122 Å². The minimum absolute atomic E-state index is 0.0495. The molecule has 0 amide bonds. The summed E-state index contributed by atoms with van der Waals surface area (Å²) in [4.78, 5) is 35.3. The van der Waals surface area contributed by atoms with E-state index in [2.05, 4.69) is 135 Å². The lowest BCUT2D eigenvalue weighted by molar-refractivity contribution is -0.161. The molecule has 0 saturated carbocycles. The number of hydrogen-bond acceptors (Lipinski definition) is 8. The van der Waals surface area contributed by atoms with Crippen LogP contribution in [0, 0.1) is 0 Å². The second-order valence-electron chi connectivity index (χ2n) is 22.3. The zero-order chi connectivity index (χ0) is 60.1. The Morgan fingerprint density at radius 3 is 0.928 bits per heavy atom. The molecule has 0 fully saturated rings. The van der Waals surface area contributed by atoms with Gasteiger partial charge in [0, 0.05) is 19.4 Å². The number of allylic oxidation sites excluding steroid dienone is 20. The summed E-state index contributed by atoms with van der Waals surface area (Å²) in [5, 5.41) is 0. The first-order valence-electron chi connectivity index (χ1n) is 34.0. The minimum atomic E-state index is -4.40. The average Bonchev–Trinajstić information content (AvgIpc) is 3.48. The number of phosphoric acid groups is 1. The van der Waals surface area contributed by atoms with Crippen LogP contribution in [0.15, 0.2) is 122 Å². The van der Waals surface area contributed by atoms with Gasteiger partial charge in [0.2, 0.25) is 0 Å². The van der Waals surface area contributed by atoms with Crippen LogP contribution in [0.5, 0.6) is 0 Å².